The van der Waals surface area contributed by atoms with Crippen LogP contribution in [0, 0.1) is 25.7 Å². The first-order valence-corrected chi connectivity index (χ1v) is 5.96. The SMILES string of the molecule is Cc1cc(C)nc(N2C[C@@H]3C(=O)NC(=O)[C@@H]3C2)n1. The third-order valence-corrected chi connectivity index (χ3v) is 3.49. The minimum absolute atomic E-state index is 0.170. The van der Waals surface area contributed by atoms with Crippen molar-refractivity contribution in [2.45, 2.75) is 13.8 Å². The molecule has 6 heteroatoms. The molecule has 0 aliphatic carbocycles. The van der Waals surface area contributed by atoms with E-state index in [2.05, 4.69) is 15.3 Å². The number of hydrogen-bond acceptors (Lipinski definition) is 5. The van der Waals surface area contributed by atoms with Crippen molar-refractivity contribution >= 4 is 17.8 Å². The van der Waals surface area contributed by atoms with Crippen molar-refractivity contribution < 1.29 is 9.59 Å². The van der Waals surface area contributed by atoms with Gasteiger partial charge in [-0.15, -0.1) is 0 Å². The van der Waals surface area contributed by atoms with Crippen LogP contribution in [0.25, 0.3) is 0 Å². The fourth-order valence-electron chi connectivity index (χ4n) is 2.65. The molecule has 2 amide bonds. The summed E-state index contributed by atoms with van der Waals surface area (Å²) >= 11 is 0. The summed E-state index contributed by atoms with van der Waals surface area (Å²) in [6, 6.07) is 1.90. The zero-order valence-electron chi connectivity index (χ0n) is 10.3. The highest BCUT2D eigenvalue weighted by Crippen LogP contribution is 2.30. The Morgan fingerprint density at radius 1 is 1.11 bits per heavy atom. The van der Waals surface area contributed by atoms with Crippen molar-refractivity contribution in [2.24, 2.45) is 11.8 Å². The van der Waals surface area contributed by atoms with Gasteiger partial charge in [0.25, 0.3) is 0 Å². The van der Waals surface area contributed by atoms with Crippen molar-refractivity contribution in [1.29, 1.82) is 0 Å². The summed E-state index contributed by atoms with van der Waals surface area (Å²) in [6.07, 6.45) is 0. The Morgan fingerprint density at radius 3 is 2.11 bits per heavy atom. The number of aromatic nitrogens is 2. The summed E-state index contributed by atoms with van der Waals surface area (Å²) in [5, 5.41) is 2.37. The first kappa shape index (κ1) is 11.1. The third kappa shape index (κ3) is 1.64. The minimum atomic E-state index is -0.248. The monoisotopic (exact) mass is 246 g/mol. The number of imide groups is 1. The van der Waals surface area contributed by atoms with Crippen LogP contribution in [-0.2, 0) is 9.59 Å². The number of amides is 2. The molecule has 0 spiro atoms. The second-order valence-corrected chi connectivity index (χ2v) is 4.92. The van der Waals surface area contributed by atoms with Gasteiger partial charge >= 0.3 is 0 Å². The zero-order valence-corrected chi connectivity index (χ0v) is 10.3. The van der Waals surface area contributed by atoms with Crippen molar-refractivity contribution in [3.8, 4) is 0 Å². The maximum atomic E-state index is 11.6. The molecule has 2 aliphatic rings. The van der Waals surface area contributed by atoms with E-state index in [9.17, 15) is 9.59 Å². The molecule has 3 rings (SSSR count). The standard InChI is InChI=1S/C12H14N4O2/c1-6-3-7(2)14-12(13-6)16-4-8-9(5-16)11(18)15-10(8)17/h3,8-9H,4-5H2,1-2H3,(H,15,17,18)/t8-,9+. The molecule has 1 N–H and O–H groups in total. The summed E-state index contributed by atoms with van der Waals surface area (Å²) in [5.41, 5.74) is 1.79. The molecule has 2 atom stereocenters. The van der Waals surface area contributed by atoms with Gasteiger partial charge in [-0.05, 0) is 19.9 Å². The molecule has 94 valence electrons. The average molecular weight is 246 g/mol. The second-order valence-electron chi connectivity index (χ2n) is 4.92. The van der Waals surface area contributed by atoms with Gasteiger partial charge in [-0.2, -0.15) is 0 Å². The summed E-state index contributed by atoms with van der Waals surface area (Å²) in [5.74, 6) is -0.222. The van der Waals surface area contributed by atoms with Gasteiger partial charge in [0, 0.05) is 24.5 Å². The number of carbonyl (C=O) groups excluding carboxylic acids is 2. The predicted molar refractivity (Wildman–Crippen MR) is 63.8 cm³/mol. The summed E-state index contributed by atoms with van der Waals surface area (Å²) in [4.78, 5) is 33.8. The van der Waals surface area contributed by atoms with Gasteiger partial charge in [0.2, 0.25) is 17.8 Å². The molecule has 6 nitrogen and oxygen atoms in total. The minimum Gasteiger partial charge on any atom is -0.339 e. The first-order chi connectivity index (χ1) is 8.54. The molecular weight excluding hydrogens is 232 g/mol. The Morgan fingerprint density at radius 2 is 1.61 bits per heavy atom. The largest absolute Gasteiger partial charge is 0.339 e. The Labute approximate surface area is 104 Å². The lowest BCUT2D eigenvalue weighted by molar-refractivity contribution is -0.126. The number of aryl methyl sites for hydroxylation is 2. The second kappa shape index (κ2) is 3.76. The van der Waals surface area contributed by atoms with E-state index < -0.39 is 0 Å². The molecule has 1 aromatic heterocycles. The average Bonchev–Trinajstić information content (AvgIpc) is 2.80. The van der Waals surface area contributed by atoms with Gasteiger partial charge in [-0.1, -0.05) is 0 Å². The molecule has 0 unspecified atom stereocenters. The molecule has 0 radical (unpaired) electrons. The van der Waals surface area contributed by atoms with Crippen LogP contribution in [0.1, 0.15) is 11.4 Å². The smallest absolute Gasteiger partial charge is 0.232 e. The number of hydrogen-bond donors (Lipinski definition) is 1. The Balaban J connectivity index is 1.88. The van der Waals surface area contributed by atoms with Gasteiger partial charge in [-0.3, -0.25) is 14.9 Å². The third-order valence-electron chi connectivity index (χ3n) is 3.49. The summed E-state index contributed by atoms with van der Waals surface area (Å²) < 4.78 is 0. The van der Waals surface area contributed by atoms with Gasteiger partial charge in [0.1, 0.15) is 0 Å². The van der Waals surface area contributed by atoms with Gasteiger partial charge in [0.05, 0.1) is 11.8 Å². The Hall–Kier alpha value is -1.98. The van der Waals surface area contributed by atoms with Crippen LogP contribution >= 0.6 is 0 Å². The van der Waals surface area contributed by atoms with Gasteiger partial charge in [-0.25, -0.2) is 9.97 Å². The fraction of sp³-hybridized carbons (Fsp3) is 0.500. The van der Waals surface area contributed by atoms with E-state index in [0.29, 0.717) is 19.0 Å². The molecule has 2 saturated heterocycles. The van der Waals surface area contributed by atoms with Crippen LogP contribution in [-0.4, -0.2) is 34.9 Å². The maximum absolute atomic E-state index is 11.6. The molecule has 2 fully saturated rings. The highest BCUT2D eigenvalue weighted by Gasteiger charge is 2.48. The number of nitrogens with zero attached hydrogens (tertiary/aromatic N) is 3. The van der Waals surface area contributed by atoms with Crippen molar-refractivity contribution in [3.05, 3.63) is 17.5 Å². The predicted octanol–water partition coefficient (Wildman–Crippen LogP) is -0.198. The fourth-order valence-corrected chi connectivity index (χ4v) is 2.65. The molecule has 0 aromatic carbocycles. The van der Waals surface area contributed by atoms with Crippen LogP contribution in [0.3, 0.4) is 0 Å². The highest BCUT2D eigenvalue weighted by molar-refractivity contribution is 6.06. The van der Waals surface area contributed by atoms with Crippen molar-refractivity contribution in [3.63, 3.8) is 0 Å². The van der Waals surface area contributed by atoms with E-state index >= 15 is 0 Å². The van der Waals surface area contributed by atoms with Crippen molar-refractivity contribution in [2.75, 3.05) is 18.0 Å². The first-order valence-electron chi connectivity index (χ1n) is 5.96. The van der Waals surface area contributed by atoms with E-state index in [0.717, 1.165) is 11.4 Å². The van der Waals surface area contributed by atoms with Crippen LogP contribution in [0.15, 0.2) is 6.07 Å². The molecule has 1 aromatic rings. The lowest BCUT2D eigenvalue weighted by Crippen LogP contribution is -2.32. The van der Waals surface area contributed by atoms with E-state index in [-0.39, 0.29) is 23.7 Å². The zero-order chi connectivity index (χ0) is 12.9. The van der Waals surface area contributed by atoms with Crippen LogP contribution < -0.4 is 10.2 Å². The van der Waals surface area contributed by atoms with E-state index in [1.54, 1.807) is 0 Å². The normalized spacial score (nSPS) is 26.4. The summed E-state index contributed by atoms with van der Waals surface area (Å²) in [6.45, 7) is 4.86. The van der Waals surface area contributed by atoms with Gasteiger partial charge in [0.15, 0.2) is 0 Å². The van der Waals surface area contributed by atoms with E-state index in [4.69, 9.17) is 0 Å². The Kier molecular flexibility index (Phi) is 2.33. The topological polar surface area (TPSA) is 75.2 Å². The lowest BCUT2D eigenvalue weighted by Gasteiger charge is -2.17. The number of anilines is 1. The molecule has 3 heterocycles. The lowest BCUT2D eigenvalue weighted by atomic mass is 10.00. The maximum Gasteiger partial charge on any atom is 0.232 e. The number of carbonyl (C=O) groups is 2. The molecule has 0 saturated carbocycles. The number of nitrogens with one attached hydrogen (secondary N) is 1. The quantitative estimate of drug-likeness (QED) is 0.695. The highest BCUT2D eigenvalue weighted by atomic mass is 16.2. The van der Waals surface area contributed by atoms with Crippen molar-refractivity contribution in [1.82, 2.24) is 15.3 Å². The molecular formula is C12H14N4O2. The Bertz CT molecular complexity index is 501. The number of fused-ring (bicyclic) bond motifs is 1. The van der Waals surface area contributed by atoms with Crippen LogP contribution in [0.4, 0.5) is 5.95 Å². The molecule has 0 bridgehead atoms. The van der Waals surface area contributed by atoms with Gasteiger partial charge < -0.3 is 4.90 Å². The van der Waals surface area contributed by atoms with E-state index in [1.165, 1.54) is 0 Å². The van der Waals surface area contributed by atoms with E-state index in [1.807, 2.05) is 24.8 Å². The van der Waals surface area contributed by atoms with Crippen LogP contribution in [0.2, 0.25) is 0 Å². The summed E-state index contributed by atoms with van der Waals surface area (Å²) in [7, 11) is 0. The molecule has 18 heavy (non-hydrogen) atoms. The number of rotatable bonds is 1. The molecule has 2 aliphatic heterocycles. The van der Waals surface area contributed by atoms with Crippen LogP contribution in [0.5, 0.6) is 0 Å².